The first-order chi connectivity index (χ1) is 11.0. The number of likely N-dealkylation sites (tertiary alicyclic amines) is 1. The van der Waals surface area contributed by atoms with Gasteiger partial charge in [0.25, 0.3) is 0 Å². The van der Waals surface area contributed by atoms with E-state index in [1.54, 1.807) is 0 Å². The third kappa shape index (κ3) is 6.32. The zero-order chi connectivity index (χ0) is 16.7. The van der Waals surface area contributed by atoms with Crippen LogP contribution in [0.5, 0.6) is 0 Å². The maximum atomic E-state index is 11.9. The number of piperidine rings is 1. The van der Waals surface area contributed by atoms with E-state index in [9.17, 15) is 9.90 Å². The van der Waals surface area contributed by atoms with Gasteiger partial charge < -0.3 is 15.3 Å². The van der Waals surface area contributed by atoms with Crippen molar-refractivity contribution in [3.05, 3.63) is 34.9 Å². The number of nitrogens with zero attached hydrogens (tertiary/aromatic N) is 1. The maximum Gasteiger partial charge on any atom is 0.220 e. The van der Waals surface area contributed by atoms with E-state index in [-0.39, 0.29) is 12.0 Å². The number of carbonyl (C=O) groups excluding carboxylic acids is 1. The molecule has 1 aromatic carbocycles. The summed E-state index contributed by atoms with van der Waals surface area (Å²) < 4.78 is 0. The number of hydrogen-bond acceptors (Lipinski definition) is 3. The molecule has 0 unspecified atom stereocenters. The van der Waals surface area contributed by atoms with E-state index >= 15 is 0 Å². The Kier molecular flexibility index (Phi) is 7.06. The van der Waals surface area contributed by atoms with Gasteiger partial charge in [-0.2, -0.15) is 0 Å². The summed E-state index contributed by atoms with van der Waals surface area (Å²) in [6.07, 6.45) is 3.98. The lowest BCUT2D eigenvalue weighted by atomic mass is 10.0. The summed E-state index contributed by atoms with van der Waals surface area (Å²) in [5, 5.41) is 12.5. The average molecular weight is 318 g/mol. The fraction of sp³-hybridized carbons (Fsp3) is 0.632. The number of aliphatic hydroxyl groups excluding tert-OH is 1. The summed E-state index contributed by atoms with van der Waals surface area (Å²) in [5.74, 6) is 0.138. The summed E-state index contributed by atoms with van der Waals surface area (Å²) in [4.78, 5) is 14.3. The molecule has 128 valence electrons. The van der Waals surface area contributed by atoms with Crippen LogP contribution < -0.4 is 5.32 Å². The molecule has 2 rings (SSSR count). The van der Waals surface area contributed by atoms with Gasteiger partial charge in [-0.25, -0.2) is 0 Å². The quantitative estimate of drug-likeness (QED) is 0.758. The molecule has 0 saturated carbocycles. The Morgan fingerprint density at radius 1 is 1.30 bits per heavy atom. The van der Waals surface area contributed by atoms with Gasteiger partial charge in [-0.15, -0.1) is 0 Å². The van der Waals surface area contributed by atoms with Crippen molar-refractivity contribution in [2.45, 2.75) is 52.1 Å². The lowest BCUT2D eigenvalue weighted by Gasteiger charge is -2.29. The van der Waals surface area contributed by atoms with Crippen molar-refractivity contribution in [1.82, 2.24) is 10.2 Å². The molecule has 0 bridgehead atoms. The number of amides is 1. The van der Waals surface area contributed by atoms with Gasteiger partial charge in [0.1, 0.15) is 0 Å². The molecule has 0 aliphatic carbocycles. The Morgan fingerprint density at radius 3 is 2.74 bits per heavy atom. The Bertz CT molecular complexity index is 508. The van der Waals surface area contributed by atoms with E-state index in [4.69, 9.17) is 0 Å². The predicted molar refractivity (Wildman–Crippen MR) is 93.5 cm³/mol. The zero-order valence-electron chi connectivity index (χ0n) is 14.5. The first-order valence-electron chi connectivity index (χ1n) is 8.78. The van der Waals surface area contributed by atoms with Crippen LogP contribution in [0.25, 0.3) is 0 Å². The van der Waals surface area contributed by atoms with E-state index in [0.29, 0.717) is 6.42 Å². The average Bonchev–Trinajstić information content (AvgIpc) is 2.52. The molecule has 0 radical (unpaired) electrons. The highest BCUT2D eigenvalue weighted by Gasteiger charge is 2.16. The standard InChI is InChI=1S/C19H30N2O2/c1-15-4-5-17(16(2)14-15)6-7-19(23)20-10-3-11-21-12-8-18(22)9-13-21/h4-5,14,18,22H,3,6-13H2,1-2H3,(H,20,23). The molecule has 1 heterocycles. The summed E-state index contributed by atoms with van der Waals surface area (Å²) in [6.45, 7) is 7.89. The van der Waals surface area contributed by atoms with Crippen molar-refractivity contribution in [2.24, 2.45) is 0 Å². The fourth-order valence-electron chi connectivity index (χ4n) is 3.14. The summed E-state index contributed by atoms with van der Waals surface area (Å²) >= 11 is 0. The van der Waals surface area contributed by atoms with Gasteiger partial charge in [0.05, 0.1) is 6.10 Å². The van der Waals surface area contributed by atoms with E-state index in [0.717, 1.165) is 51.9 Å². The van der Waals surface area contributed by atoms with Gasteiger partial charge >= 0.3 is 0 Å². The second kappa shape index (κ2) is 9.04. The number of rotatable bonds is 7. The van der Waals surface area contributed by atoms with Crippen LogP contribution in [0.3, 0.4) is 0 Å². The number of nitrogens with one attached hydrogen (secondary N) is 1. The van der Waals surface area contributed by atoms with Crippen LogP contribution in [-0.4, -0.2) is 48.2 Å². The summed E-state index contributed by atoms with van der Waals surface area (Å²) in [5.41, 5.74) is 3.80. The number of aliphatic hydroxyl groups is 1. The molecule has 4 heteroatoms. The Hall–Kier alpha value is -1.39. The fourth-order valence-corrected chi connectivity index (χ4v) is 3.14. The number of benzene rings is 1. The van der Waals surface area contributed by atoms with Crippen LogP contribution in [0, 0.1) is 13.8 Å². The van der Waals surface area contributed by atoms with Crippen LogP contribution in [-0.2, 0) is 11.2 Å². The van der Waals surface area contributed by atoms with Crippen LogP contribution in [0.1, 0.15) is 42.4 Å². The van der Waals surface area contributed by atoms with Gasteiger partial charge in [-0.05, 0) is 57.2 Å². The molecular weight excluding hydrogens is 288 g/mol. The molecule has 1 amide bonds. The molecule has 0 spiro atoms. The smallest absolute Gasteiger partial charge is 0.220 e. The van der Waals surface area contributed by atoms with E-state index in [1.807, 2.05) is 0 Å². The zero-order valence-corrected chi connectivity index (χ0v) is 14.5. The SMILES string of the molecule is Cc1ccc(CCC(=O)NCCCN2CCC(O)CC2)c(C)c1. The number of carbonyl (C=O) groups is 1. The van der Waals surface area contributed by atoms with Gasteiger partial charge in [-0.3, -0.25) is 4.79 Å². The van der Waals surface area contributed by atoms with E-state index < -0.39 is 0 Å². The highest BCUT2D eigenvalue weighted by molar-refractivity contribution is 5.76. The first-order valence-corrected chi connectivity index (χ1v) is 8.78. The van der Waals surface area contributed by atoms with E-state index in [1.165, 1.54) is 16.7 Å². The Labute approximate surface area is 139 Å². The topological polar surface area (TPSA) is 52.6 Å². The molecule has 0 atom stereocenters. The maximum absolute atomic E-state index is 11.9. The molecule has 4 nitrogen and oxygen atoms in total. The lowest BCUT2D eigenvalue weighted by molar-refractivity contribution is -0.121. The Balaban J connectivity index is 1.58. The van der Waals surface area contributed by atoms with Crippen LogP contribution in [0.2, 0.25) is 0 Å². The second-order valence-electron chi connectivity index (χ2n) is 6.71. The van der Waals surface area contributed by atoms with Crippen molar-refractivity contribution < 1.29 is 9.90 Å². The third-order valence-electron chi connectivity index (χ3n) is 4.65. The minimum atomic E-state index is -0.115. The minimum absolute atomic E-state index is 0.115. The molecule has 23 heavy (non-hydrogen) atoms. The van der Waals surface area contributed by atoms with Crippen molar-refractivity contribution in [1.29, 1.82) is 0 Å². The van der Waals surface area contributed by atoms with Gasteiger partial charge in [0.2, 0.25) is 5.91 Å². The second-order valence-corrected chi connectivity index (χ2v) is 6.71. The van der Waals surface area contributed by atoms with Crippen molar-refractivity contribution >= 4 is 5.91 Å². The minimum Gasteiger partial charge on any atom is -0.393 e. The molecule has 0 aromatic heterocycles. The number of aryl methyl sites for hydroxylation is 3. The van der Waals surface area contributed by atoms with Crippen LogP contribution in [0.4, 0.5) is 0 Å². The third-order valence-corrected chi connectivity index (χ3v) is 4.65. The number of hydrogen-bond donors (Lipinski definition) is 2. The van der Waals surface area contributed by atoms with Crippen molar-refractivity contribution in [3.8, 4) is 0 Å². The van der Waals surface area contributed by atoms with Crippen molar-refractivity contribution in [2.75, 3.05) is 26.2 Å². The highest BCUT2D eigenvalue weighted by Crippen LogP contribution is 2.12. The highest BCUT2D eigenvalue weighted by atomic mass is 16.3. The monoisotopic (exact) mass is 318 g/mol. The van der Waals surface area contributed by atoms with Gasteiger partial charge in [0, 0.05) is 26.1 Å². The van der Waals surface area contributed by atoms with Crippen molar-refractivity contribution in [3.63, 3.8) is 0 Å². The van der Waals surface area contributed by atoms with Gasteiger partial charge in [-0.1, -0.05) is 23.8 Å². The molecule has 1 saturated heterocycles. The molecule has 1 aliphatic rings. The Morgan fingerprint density at radius 2 is 2.04 bits per heavy atom. The molecule has 1 aliphatic heterocycles. The van der Waals surface area contributed by atoms with Gasteiger partial charge in [0.15, 0.2) is 0 Å². The molecule has 2 N–H and O–H groups in total. The summed E-state index contributed by atoms with van der Waals surface area (Å²) in [7, 11) is 0. The van der Waals surface area contributed by atoms with Crippen LogP contribution >= 0.6 is 0 Å². The lowest BCUT2D eigenvalue weighted by Crippen LogP contribution is -2.37. The molecular formula is C19H30N2O2. The summed E-state index contributed by atoms with van der Waals surface area (Å²) in [6, 6.07) is 6.40. The molecule has 1 aromatic rings. The molecule has 1 fully saturated rings. The first kappa shape index (κ1) is 18.0. The normalized spacial score (nSPS) is 16.5. The van der Waals surface area contributed by atoms with E-state index in [2.05, 4.69) is 42.3 Å². The largest absolute Gasteiger partial charge is 0.393 e. The predicted octanol–water partition coefficient (Wildman–Crippen LogP) is 2.20. The van der Waals surface area contributed by atoms with Crippen LogP contribution in [0.15, 0.2) is 18.2 Å².